The van der Waals surface area contributed by atoms with Crippen LogP contribution in [0.25, 0.3) is 0 Å². The first-order valence-corrected chi connectivity index (χ1v) is 4.83. The number of nitrogens with two attached hydrogens (primary N) is 1. The maximum absolute atomic E-state index is 11.1. The van der Waals surface area contributed by atoms with Crippen molar-refractivity contribution >= 4 is 11.7 Å². The maximum Gasteiger partial charge on any atom is 0.306 e. The summed E-state index contributed by atoms with van der Waals surface area (Å²) in [6, 6.07) is 7.40. The minimum atomic E-state index is -0.300. The van der Waals surface area contributed by atoms with Gasteiger partial charge in [0.25, 0.3) is 0 Å². The molecule has 0 saturated carbocycles. The van der Waals surface area contributed by atoms with E-state index in [0.29, 0.717) is 18.5 Å². The monoisotopic (exact) mass is 209 g/mol. The molecule has 0 aliphatic carbocycles. The fraction of sp³-hybridized carbons (Fsp3) is 0.364. The Morgan fingerprint density at radius 1 is 1.47 bits per heavy atom. The Morgan fingerprint density at radius 3 is 2.93 bits per heavy atom. The third-order valence-corrected chi connectivity index (χ3v) is 1.92. The van der Waals surface area contributed by atoms with Crippen LogP contribution < -0.4 is 5.73 Å². The number of hydrogen-bond acceptors (Lipinski definition) is 4. The summed E-state index contributed by atoms with van der Waals surface area (Å²) in [5, 5.41) is 8.44. The smallest absolute Gasteiger partial charge is 0.306 e. The first kappa shape index (κ1) is 11.5. The molecule has 1 aromatic carbocycles. The topological polar surface area (TPSA) is 72.6 Å². The number of ether oxygens (including phenoxy) is 1. The Hall–Kier alpha value is -1.55. The molecule has 0 fully saturated rings. The highest BCUT2D eigenvalue weighted by Crippen LogP contribution is 2.08. The molecule has 0 spiro atoms. The molecule has 0 bridgehead atoms. The molecule has 0 amide bonds. The summed E-state index contributed by atoms with van der Waals surface area (Å²) < 4.78 is 4.72. The number of aliphatic hydroxyl groups excluding tert-OH is 1. The number of rotatable bonds is 5. The Kier molecular flexibility index (Phi) is 4.63. The molecule has 0 unspecified atom stereocenters. The second kappa shape index (κ2) is 6.03. The predicted molar refractivity (Wildman–Crippen MR) is 57.2 cm³/mol. The molecular weight excluding hydrogens is 194 g/mol. The molecule has 0 aliphatic heterocycles. The van der Waals surface area contributed by atoms with Crippen LogP contribution >= 0.6 is 0 Å². The van der Waals surface area contributed by atoms with E-state index in [2.05, 4.69) is 0 Å². The first-order chi connectivity index (χ1) is 7.22. The summed E-state index contributed by atoms with van der Waals surface area (Å²) in [6.45, 7) is -0.0697. The fourth-order valence-electron chi connectivity index (χ4n) is 1.23. The lowest BCUT2D eigenvalue weighted by Crippen LogP contribution is -2.09. The normalized spacial score (nSPS) is 9.93. The standard InChI is InChI=1S/C11H15NO3/c12-10-3-1-2-9(8-10)4-5-11(14)15-7-6-13/h1-3,8,13H,4-7,12H2. The largest absolute Gasteiger partial charge is 0.463 e. The van der Waals surface area contributed by atoms with Gasteiger partial charge in [-0.25, -0.2) is 0 Å². The predicted octanol–water partition coefficient (Wildman–Crippen LogP) is 0.737. The number of carbonyl (C=O) groups excluding carboxylic acids is 1. The van der Waals surface area contributed by atoms with E-state index in [0.717, 1.165) is 5.56 Å². The van der Waals surface area contributed by atoms with Crippen molar-refractivity contribution in [1.29, 1.82) is 0 Å². The number of carbonyl (C=O) groups is 1. The molecule has 1 rings (SSSR count). The summed E-state index contributed by atoms with van der Waals surface area (Å²) in [4.78, 5) is 11.1. The molecule has 0 radical (unpaired) electrons. The highest BCUT2D eigenvalue weighted by molar-refractivity contribution is 5.69. The van der Waals surface area contributed by atoms with E-state index in [4.69, 9.17) is 15.6 Å². The number of benzene rings is 1. The van der Waals surface area contributed by atoms with Gasteiger partial charge in [0, 0.05) is 12.1 Å². The van der Waals surface area contributed by atoms with Gasteiger partial charge >= 0.3 is 5.97 Å². The number of hydrogen-bond donors (Lipinski definition) is 2. The second-order valence-electron chi connectivity index (χ2n) is 3.19. The summed E-state index contributed by atoms with van der Waals surface area (Å²) in [7, 11) is 0. The number of aryl methyl sites for hydroxylation is 1. The van der Waals surface area contributed by atoms with E-state index < -0.39 is 0 Å². The molecule has 0 atom stereocenters. The molecule has 1 aromatic rings. The van der Waals surface area contributed by atoms with Crippen LogP contribution in [0, 0.1) is 0 Å². The summed E-state index contributed by atoms with van der Waals surface area (Å²) >= 11 is 0. The Balaban J connectivity index is 2.33. The van der Waals surface area contributed by atoms with E-state index in [1.165, 1.54) is 0 Å². The molecule has 0 heterocycles. The summed E-state index contributed by atoms with van der Waals surface area (Å²) in [5.41, 5.74) is 7.30. The van der Waals surface area contributed by atoms with Crippen LogP contribution in [-0.2, 0) is 16.0 Å². The van der Waals surface area contributed by atoms with Gasteiger partial charge in [0.05, 0.1) is 6.61 Å². The van der Waals surface area contributed by atoms with Gasteiger partial charge in [0.2, 0.25) is 0 Å². The highest BCUT2D eigenvalue weighted by atomic mass is 16.5. The lowest BCUT2D eigenvalue weighted by Gasteiger charge is -2.03. The van der Waals surface area contributed by atoms with Gasteiger partial charge < -0.3 is 15.6 Å². The third kappa shape index (κ3) is 4.46. The van der Waals surface area contributed by atoms with Crippen molar-refractivity contribution in [3.63, 3.8) is 0 Å². The number of esters is 1. The average Bonchev–Trinajstić information content (AvgIpc) is 2.23. The van der Waals surface area contributed by atoms with E-state index in [1.807, 2.05) is 18.2 Å². The van der Waals surface area contributed by atoms with E-state index in [1.54, 1.807) is 6.07 Å². The fourth-order valence-corrected chi connectivity index (χ4v) is 1.23. The van der Waals surface area contributed by atoms with Crippen LogP contribution in [0.15, 0.2) is 24.3 Å². The van der Waals surface area contributed by atoms with Crippen molar-refractivity contribution in [3.05, 3.63) is 29.8 Å². The van der Waals surface area contributed by atoms with E-state index in [9.17, 15) is 4.79 Å². The molecule has 15 heavy (non-hydrogen) atoms. The molecule has 0 aliphatic rings. The molecule has 4 nitrogen and oxygen atoms in total. The Labute approximate surface area is 88.7 Å². The number of anilines is 1. The van der Waals surface area contributed by atoms with Crippen LogP contribution in [0.4, 0.5) is 5.69 Å². The van der Waals surface area contributed by atoms with Crippen molar-refractivity contribution in [1.82, 2.24) is 0 Å². The average molecular weight is 209 g/mol. The summed E-state index contributed by atoms with van der Waals surface area (Å²) in [6.07, 6.45) is 0.915. The quantitative estimate of drug-likeness (QED) is 0.554. The molecule has 3 N–H and O–H groups in total. The van der Waals surface area contributed by atoms with Crippen molar-refractivity contribution in [2.75, 3.05) is 18.9 Å². The van der Waals surface area contributed by atoms with Crippen LogP contribution in [0.1, 0.15) is 12.0 Å². The lowest BCUT2D eigenvalue weighted by molar-refractivity contribution is -0.144. The number of nitrogen functional groups attached to an aromatic ring is 1. The molecule has 4 heteroatoms. The van der Waals surface area contributed by atoms with Gasteiger partial charge in [0.1, 0.15) is 6.61 Å². The van der Waals surface area contributed by atoms with Crippen LogP contribution in [0.5, 0.6) is 0 Å². The van der Waals surface area contributed by atoms with Gasteiger partial charge in [-0.1, -0.05) is 12.1 Å². The van der Waals surface area contributed by atoms with E-state index >= 15 is 0 Å². The third-order valence-electron chi connectivity index (χ3n) is 1.92. The van der Waals surface area contributed by atoms with Crippen LogP contribution in [0.3, 0.4) is 0 Å². The zero-order valence-corrected chi connectivity index (χ0v) is 8.48. The maximum atomic E-state index is 11.1. The molecule has 0 aromatic heterocycles. The highest BCUT2D eigenvalue weighted by Gasteiger charge is 2.03. The van der Waals surface area contributed by atoms with Gasteiger partial charge in [0.15, 0.2) is 0 Å². The SMILES string of the molecule is Nc1cccc(CCC(=O)OCCO)c1. The minimum absolute atomic E-state index is 0.0652. The van der Waals surface area contributed by atoms with Crippen molar-refractivity contribution < 1.29 is 14.6 Å². The Bertz CT molecular complexity index is 325. The molecule has 0 saturated heterocycles. The Morgan fingerprint density at radius 2 is 2.27 bits per heavy atom. The zero-order chi connectivity index (χ0) is 11.1. The van der Waals surface area contributed by atoms with Crippen molar-refractivity contribution in [2.45, 2.75) is 12.8 Å². The first-order valence-electron chi connectivity index (χ1n) is 4.83. The van der Waals surface area contributed by atoms with Gasteiger partial charge in [-0.2, -0.15) is 0 Å². The summed E-state index contributed by atoms with van der Waals surface area (Å²) in [5.74, 6) is -0.300. The molecular formula is C11H15NO3. The molecule has 82 valence electrons. The zero-order valence-electron chi connectivity index (χ0n) is 8.48. The van der Waals surface area contributed by atoms with Gasteiger partial charge in [-0.3, -0.25) is 4.79 Å². The van der Waals surface area contributed by atoms with Crippen LogP contribution in [-0.4, -0.2) is 24.3 Å². The number of aliphatic hydroxyl groups is 1. The van der Waals surface area contributed by atoms with Crippen molar-refractivity contribution in [3.8, 4) is 0 Å². The van der Waals surface area contributed by atoms with Crippen LogP contribution in [0.2, 0.25) is 0 Å². The lowest BCUT2D eigenvalue weighted by atomic mass is 10.1. The van der Waals surface area contributed by atoms with Gasteiger partial charge in [-0.05, 0) is 24.1 Å². The van der Waals surface area contributed by atoms with E-state index in [-0.39, 0.29) is 19.2 Å². The minimum Gasteiger partial charge on any atom is -0.463 e. The van der Waals surface area contributed by atoms with Gasteiger partial charge in [-0.15, -0.1) is 0 Å². The second-order valence-corrected chi connectivity index (χ2v) is 3.19. The van der Waals surface area contributed by atoms with Crippen molar-refractivity contribution in [2.24, 2.45) is 0 Å².